The van der Waals surface area contributed by atoms with Crippen LogP contribution in [0.4, 0.5) is 5.69 Å². The number of carbonyl (C=O) groups excluding carboxylic acids is 1. The van der Waals surface area contributed by atoms with E-state index < -0.39 is 5.25 Å². The quantitative estimate of drug-likeness (QED) is 0.359. The van der Waals surface area contributed by atoms with Crippen molar-refractivity contribution in [2.24, 2.45) is 0 Å². The van der Waals surface area contributed by atoms with Crippen LogP contribution in [0.2, 0.25) is 0 Å². The van der Waals surface area contributed by atoms with Crippen LogP contribution in [0.15, 0.2) is 82.7 Å². The Kier molecular flexibility index (Phi) is 6.06. The van der Waals surface area contributed by atoms with Crippen molar-refractivity contribution in [2.75, 3.05) is 5.32 Å². The van der Waals surface area contributed by atoms with E-state index >= 15 is 0 Å². The first kappa shape index (κ1) is 21.3. The van der Waals surface area contributed by atoms with Crippen molar-refractivity contribution in [1.29, 1.82) is 5.26 Å². The molecule has 4 aromatic rings. The lowest BCUT2D eigenvalue weighted by atomic mass is 10.2. The molecule has 7 heteroatoms. The molecule has 1 unspecified atom stereocenters. The van der Waals surface area contributed by atoms with Gasteiger partial charge in [0.25, 0.3) is 5.56 Å². The van der Waals surface area contributed by atoms with Gasteiger partial charge in [-0.2, -0.15) is 5.26 Å². The van der Waals surface area contributed by atoms with Gasteiger partial charge in [-0.25, -0.2) is 4.98 Å². The van der Waals surface area contributed by atoms with Crippen LogP contribution in [-0.4, -0.2) is 20.7 Å². The summed E-state index contributed by atoms with van der Waals surface area (Å²) >= 11 is 1.20. The number of thioether (sulfide) groups is 1. The minimum Gasteiger partial charge on any atom is -0.324 e. The van der Waals surface area contributed by atoms with Crippen LogP contribution in [0.25, 0.3) is 16.6 Å². The average molecular weight is 441 g/mol. The van der Waals surface area contributed by atoms with E-state index in [2.05, 4.69) is 11.4 Å². The molecule has 0 saturated carbocycles. The normalized spacial score (nSPS) is 11.7. The summed E-state index contributed by atoms with van der Waals surface area (Å²) in [4.78, 5) is 30.9. The number of benzene rings is 3. The number of hydrogen-bond acceptors (Lipinski definition) is 5. The molecule has 1 heterocycles. The number of carbonyl (C=O) groups is 1. The van der Waals surface area contributed by atoms with Crippen LogP contribution < -0.4 is 10.9 Å². The van der Waals surface area contributed by atoms with Gasteiger partial charge in [-0.1, -0.05) is 53.7 Å². The molecule has 6 nitrogen and oxygen atoms in total. The van der Waals surface area contributed by atoms with Crippen LogP contribution >= 0.6 is 11.8 Å². The number of hydrogen-bond donors (Lipinski definition) is 1. The van der Waals surface area contributed by atoms with Gasteiger partial charge < -0.3 is 5.32 Å². The maximum atomic E-state index is 13.3. The second-order valence-corrected chi connectivity index (χ2v) is 8.60. The first-order valence-corrected chi connectivity index (χ1v) is 10.9. The van der Waals surface area contributed by atoms with E-state index in [1.807, 2.05) is 37.3 Å². The predicted octanol–water partition coefficient (Wildman–Crippen LogP) is 4.69. The van der Waals surface area contributed by atoms with Crippen molar-refractivity contribution in [2.45, 2.75) is 24.3 Å². The van der Waals surface area contributed by atoms with E-state index in [1.165, 1.54) is 11.8 Å². The highest BCUT2D eigenvalue weighted by Crippen LogP contribution is 2.26. The number of aryl methyl sites for hydroxylation is 1. The molecule has 1 aromatic heterocycles. The van der Waals surface area contributed by atoms with Gasteiger partial charge >= 0.3 is 0 Å². The highest BCUT2D eigenvalue weighted by atomic mass is 32.2. The van der Waals surface area contributed by atoms with Gasteiger partial charge in [0.15, 0.2) is 5.16 Å². The molecular weight excluding hydrogens is 420 g/mol. The molecule has 0 fully saturated rings. The second-order valence-electron chi connectivity index (χ2n) is 7.29. The number of fused-ring (bicyclic) bond motifs is 1. The molecule has 0 aliphatic rings. The summed E-state index contributed by atoms with van der Waals surface area (Å²) in [5.74, 6) is -0.282. The van der Waals surface area contributed by atoms with Gasteiger partial charge in [0.1, 0.15) is 6.07 Å². The van der Waals surface area contributed by atoms with E-state index in [9.17, 15) is 14.9 Å². The van der Waals surface area contributed by atoms with Crippen LogP contribution in [0.3, 0.4) is 0 Å². The number of nitrogens with zero attached hydrogens (tertiary/aromatic N) is 3. The lowest BCUT2D eigenvalue weighted by molar-refractivity contribution is -0.115. The number of aromatic nitrogens is 2. The minimum absolute atomic E-state index is 0.190. The molecule has 1 amide bonds. The Balaban J connectivity index is 1.72. The molecule has 0 spiro atoms. The van der Waals surface area contributed by atoms with Crippen LogP contribution in [0.5, 0.6) is 0 Å². The summed E-state index contributed by atoms with van der Waals surface area (Å²) in [5.41, 5.74) is 2.99. The SMILES string of the molecule is Cc1ccc(-n2c(SC(C)C(=O)Nc3ccccc3C#N)nc3ccccc3c2=O)cc1. The Bertz CT molecular complexity index is 1400. The third-order valence-electron chi connectivity index (χ3n) is 4.99. The Morgan fingerprint density at radius 2 is 1.75 bits per heavy atom. The van der Waals surface area contributed by atoms with Crippen molar-refractivity contribution in [1.82, 2.24) is 9.55 Å². The number of amides is 1. The lowest BCUT2D eigenvalue weighted by Gasteiger charge is -2.17. The third-order valence-corrected chi connectivity index (χ3v) is 6.05. The molecule has 4 rings (SSSR count). The lowest BCUT2D eigenvalue weighted by Crippen LogP contribution is -2.26. The molecule has 0 radical (unpaired) electrons. The number of rotatable bonds is 5. The summed E-state index contributed by atoms with van der Waals surface area (Å²) in [7, 11) is 0. The van der Waals surface area contributed by atoms with Crippen molar-refractivity contribution < 1.29 is 4.79 Å². The monoisotopic (exact) mass is 440 g/mol. The van der Waals surface area contributed by atoms with Gasteiger partial charge in [-0.05, 0) is 50.2 Å². The summed E-state index contributed by atoms with van der Waals surface area (Å²) < 4.78 is 1.54. The zero-order chi connectivity index (χ0) is 22.7. The van der Waals surface area contributed by atoms with Crippen LogP contribution in [-0.2, 0) is 4.79 Å². The van der Waals surface area contributed by atoms with Crippen molar-refractivity contribution in [3.05, 3.63) is 94.3 Å². The van der Waals surface area contributed by atoms with Crippen LogP contribution in [0, 0.1) is 18.3 Å². The fourth-order valence-corrected chi connectivity index (χ4v) is 4.18. The Morgan fingerprint density at radius 3 is 2.50 bits per heavy atom. The standard InChI is InChI=1S/C25H20N4O2S/c1-16-11-13-19(14-12-16)29-24(31)20-8-4-6-10-22(20)28-25(29)32-17(2)23(30)27-21-9-5-3-7-18(21)15-26/h3-14,17H,1-2H3,(H,27,30). The highest BCUT2D eigenvalue weighted by Gasteiger charge is 2.21. The number of nitriles is 1. The predicted molar refractivity (Wildman–Crippen MR) is 127 cm³/mol. The molecule has 32 heavy (non-hydrogen) atoms. The van der Waals surface area contributed by atoms with Gasteiger partial charge in [0.2, 0.25) is 5.91 Å². The topological polar surface area (TPSA) is 87.8 Å². The van der Waals surface area contributed by atoms with Crippen LogP contribution in [0.1, 0.15) is 18.1 Å². The summed E-state index contributed by atoms with van der Waals surface area (Å²) in [6.07, 6.45) is 0. The van der Waals surface area contributed by atoms with Crippen molar-refractivity contribution in [3.8, 4) is 11.8 Å². The first-order chi connectivity index (χ1) is 15.5. The van der Waals surface area contributed by atoms with E-state index in [-0.39, 0.29) is 11.5 Å². The van der Waals surface area contributed by atoms with Gasteiger partial charge in [-0.3, -0.25) is 14.2 Å². The third kappa shape index (κ3) is 4.27. The van der Waals surface area contributed by atoms with Gasteiger partial charge in [-0.15, -0.1) is 0 Å². The summed E-state index contributed by atoms with van der Waals surface area (Å²) in [5, 5.41) is 12.4. The number of nitrogens with one attached hydrogen (secondary N) is 1. The first-order valence-electron chi connectivity index (χ1n) is 10.0. The number of para-hydroxylation sites is 2. The van der Waals surface area contributed by atoms with E-state index in [0.717, 1.165) is 5.56 Å². The molecular formula is C25H20N4O2S. The van der Waals surface area contributed by atoms with Crippen molar-refractivity contribution in [3.63, 3.8) is 0 Å². The molecule has 158 valence electrons. The largest absolute Gasteiger partial charge is 0.324 e. The zero-order valence-corrected chi connectivity index (χ0v) is 18.4. The van der Waals surface area contributed by atoms with Gasteiger partial charge in [0.05, 0.1) is 33.1 Å². The fraction of sp³-hybridized carbons (Fsp3) is 0.120. The molecule has 3 aromatic carbocycles. The fourth-order valence-electron chi connectivity index (χ4n) is 3.25. The molecule has 0 aliphatic heterocycles. The average Bonchev–Trinajstić information content (AvgIpc) is 2.80. The molecule has 0 saturated heterocycles. The summed E-state index contributed by atoms with van der Waals surface area (Å²) in [6, 6.07) is 23.7. The molecule has 0 bridgehead atoms. The smallest absolute Gasteiger partial charge is 0.266 e. The van der Waals surface area contributed by atoms with Crippen molar-refractivity contribution >= 4 is 34.3 Å². The van der Waals surface area contributed by atoms with E-state index in [0.29, 0.717) is 33.0 Å². The maximum Gasteiger partial charge on any atom is 0.266 e. The summed E-state index contributed by atoms with van der Waals surface area (Å²) in [6.45, 7) is 3.72. The van der Waals surface area contributed by atoms with Gasteiger partial charge in [0, 0.05) is 0 Å². The Labute approximate surface area is 189 Å². The molecule has 0 aliphatic carbocycles. The van der Waals surface area contributed by atoms with E-state index in [4.69, 9.17) is 4.98 Å². The zero-order valence-electron chi connectivity index (χ0n) is 17.6. The number of anilines is 1. The molecule has 1 atom stereocenters. The molecule has 1 N–H and O–H groups in total. The van der Waals surface area contributed by atoms with E-state index in [1.54, 1.807) is 54.0 Å². The minimum atomic E-state index is -0.563. The maximum absolute atomic E-state index is 13.3. The Hall–Kier alpha value is -3.89. The Morgan fingerprint density at radius 1 is 1.06 bits per heavy atom. The highest BCUT2D eigenvalue weighted by molar-refractivity contribution is 8.00. The second kappa shape index (κ2) is 9.08.